The van der Waals surface area contributed by atoms with E-state index in [0.717, 1.165) is 11.1 Å². The molecule has 0 radical (unpaired) electrons. The Morgan fingerprint density at radius 3 is 2.62 bits per heavy atom. The maximum atomic E-state index is 13.2. The van der Waals surface area contributed by atoms with Gasteiger partial charge in [0, 0.05) is 24.9 Å². The minimum atomic E-state index is -0.837. The van der Waals surface area contributed by atoms with Crippen molar-refractivity contribution in [2.24, 2.45) is 23.7 Å². The first-order chi connectivity index (χ1) is 13.7. The number of hydrogen-bond acceptors (Lipinski definition) is 6. The molecule has 158 valence electrons. The van der Waals surface area contributed by atoms with Gasteiger partial charge in [-0.2, -0.15) is 0 Å². The first-order valence-corrected chi connectivity index (χ1v) is 10.4. The van der Waals surface area contributed by atoms with Gasteiger partial charge in [0.2, 0.25) is 0 Å². The van der Waals surface area contributed by atoms with Crippen LogP contribution >= 0.6 is 0 Å². The lowest BCUT2D eigenvalue weighted by molar-refractivity contribution is -0.171. The summed E-state index contributed by atoms with van der Waals surface area (Å²) >= 11 is 0. The Labute approximate surface area is 171 Å². The molecule has 0 aromatic heterocycles. The predicted octanol–water partition coefficient (Wildman–Crippen LogP) is 2.37. The molecule has 4 rings (SSSR count). The molecule has 2 aliphatic carbocycles. The Balaban J connectivity index is 1.87. The quantitative estimate of drug-likeness (QED) is 0.564. The molecule has 2 aliphatic heterocycles. The number of ether oxygens (including phenoxy) is 3. The third kappa shape index (κ3) is 2.95. The van der Waals surface area contributed by atoms with Crippen LogP contribution < -0.4 is 0 Å². The van der Waals surface area contributed by atoms with Crippen molar-refractivity contribution in [1.82, 2.24) is 0 Å². The minimum Gasteiger partial charge on any atom is -0.457 e. The zero-order valence-electron chi connectivity index (χ0n) is 17.6. The lowest BCUT2D eigenvalue weighted by Crippen LogP contribution is -2.52. The van der Waals surface area contributed by atoms with Crippen LogP contribution in [0.15, 0.2) is 35.5 Å². The zero-order chi connectivity index (χ0) is 21.1. The molecule has 0 unspecified atom stereocenters. The van der Waals surface area contributed by atoms with Crippen molar-refractivity contribution in [3.63, 3.8) is 0 Å². The highest BCUT2D eigenvalue weighted by molar-refractivity contribution is 6.00. The SMILES string of the molecule is CO[C@H]1C[C@H]2C=C[C@H]3[C@@H]4C=C(C)C(=O)[C@H]3[C@]2(O4)/C(C)=C\[C@@H](C)[C@@H]([C@@H](C)O)OC1=O. The van der Waals surface area contributed by atoms with Crippen LogP contribution in [0.25, 0.3) is 0 Å². The van der Waals surface area contributed by atoms with Gasteiger partial charge in [-0.1, -0.05) is 25.2 Å². The van der Waals surface area contributed by atoms with E-state index < -0.39 is 29.9 Å². The van der Waals surface area contributed by atoms with Crippen molar-refractivity contribution >= 4 is 11.8 Å². The predicted molar refractivity (Wildman–Crippen MR) is 106 cm³/mol. The van der Waals surface area contributed by atoms with E-state index in [1.807, 2.05) is 32.9 Å². The normalized spacial score (nSPS) is 46.9. The summed E-state index contributed by atoms with van der Waals surface area (Å²) in [5.74, 6) is -1.13. The van der Waals surface area contributed by atoms with Gasteiger partial charge in [0.25, 0.3) is 0 Å². The molecular formula is C23H30O6. The highest BCUT2D eigenvalue weighted by Crippen LogP contribution is 2.58. The summed E-state index contributed by atoms with van der Waals surface area (Å²) in [5, 5.41) is 10.2. The topological polar surface area (TPSA) is 82.1 Å². The first kappa shape index (κ1) is 20.5. The number of Topliss-reactive ketones (excluding diaryl/α,β-unsaturated/α-hetero) is 1. The number of ketones is 1. The number of allylic oxidation sites excluding steroid dienone is 1. The molecule has 0 aromatic rings. The molecule has 0 amide bonds. The zero-order valence-corrected chi connectivity index (χ0v) is 17.6. The highest BCUT2D eigenvalue weighted by atomic mass is 16.6. The third-order valence-electron chi connectivity index (χ3n) is 7.15. The second kappa shape index (κ2) is 7.18. The maximum absolute atomic E-state index is 13.2. The van der Waals surface area contributed by atoms with Gasteiger partial charge in [-0.25, -0.2) is 4.79 Å². The van der Waals surface area contributed by atoms with Gasteiger partial charge in [-0.3, -0.25) is 4.79 Å². The number of carbonyl (C=O) groups is 2. The van der Waals surface area contributed by atoms with Crippen molar-refractivity contribution in [2.45, 2.75) is 64.1 Å². The number of esters is 1. The van der Waals surface area contributed by atoms with E-state index in [9.17, 15) is 14.7 Å². The van der Waals surface area contributed by atoms with Crippen LogP contribution in [0.4, 0.5) is 0 Å². The molecular weight excluding hydrogens is 372 g/mol. The second-order valence-corrected chi connectivity index (χ2v) is 8.95. The first-order valence-electron chi connectivity index (χ1n) is 10.4. The number of methoxy groups -OCH3 is 1. The summed E-state index contributed by atoms with van der Waals surface area (Å²) in [6.07, 6.45) is 5.95. The second-order valence-electron chi connectivity index (χ2n) is 8.95. The number of cyclic esters (lactones) is 1. The van der Waals surface area contributed by atoms with E-state index >= 15 is 0 Å². The number of hydrogen-bond donors (Lipinski definition) is 1. The van der Waals surface area contributed by atoms with Crippen LogP contribution in [0.1, 0.15) is 34.1 Å². The van der Waals surface area contributed by atoms with Crippen LogP contribution in [0.2, 0.25) is 0 Å². The lowest BCUT2D eigenvalue weighted by atomic mass is 9.60. The van der Waals surface area contributed by atoms with E-state index in [1.165, 1.54) is 7.11 Å². The number of rotatable bonds is 2. The van der Waals surface area contributed by atoms with Crippen LogP contribution in [-0.4, -0.2) is 54.0 Å². The van der Waals surface area contributed by atoms with Crippen LogP contribution in [0, 0.1) is 23.7 Å². The fourth-order valence-electron chi connectivity index (χ4n) is 5.76. The van der Waals surface area contributed by atoms with Gasteiger partial charge in [0.15, 0.2) is 11.9 Å². The molecule has 9 atom stereocenters. The molecule has 6 heteroatoms. The summed E-state index contributed by atoms with van der Waals surface area (Å²) in [6, 6.07) is 0. The molecule has 0 aromatic carbocycles. The number of aliphatic hydroxyl groups excluding tert-OH is 1. The van der Waals surface area contributed by atoms with Crippen LogP contribution in [0.5, 0.6) is 0 Å². The summed E-state index contributed by atoms with van der Waals surface area (Å²) in [4.78, 5) is 26.0. The minimum absolute atomic E-state index is 0.00422. The Morgan fingerprint density at radius 2 is 1.97 bits per heavy atom. The van der Waals surface area contributed by atoms with Crippen LogP contribution in [0.3, 0.4) is 0 Å². The molecule has 6 nitrogen and oxygen atoms in total. The molecule has 1 saturated heterocycles. The van der Waals surface area contributed by atoms with E-state index in [0.29, 0.717) is 6.42 Å². The Hall–Kier alpha value is -1.76. The average molecular weight is 402 g/mol. The molecule has 4 aliphatic rings. The third-order valence-corrected chi connectivity index (χ3v) is 7.15. The molecule has 0 saturated carbocycles. The van der Waals surface area contributed by atoms with Gasteiger partial charge in [0.05, 0.1) is 18.1 Å². The molecule has 1 N–H and O–H groups in total. The summed E-state index contributed by atoms with van der Waals surface area (Å²) in [7, 11) is 1.48. The molecule has 1 spiro atoms. The van der Waals surface area contributed by atoms with Gasteiger partial charge in [-0.15, -0.1) is 0 Å². The summed E-state index contributed by atoms with van der Waals surface area (Å²) < 4.78 is 17.8. The van der Waals surface area contributed by atoms with E-state index in [2.05, 4.69) is 12.2 Å². The van der Waals surface area contributed by atoms with E-state index in [-0.39, 0.29) is 35.6 Å². The van der Waals surface area contributed by atoms with E-state index in [1.54, 1.807) is 6.92 Å². The lowest BCUT2D eigenvalue weighted by Gasteiger charge is -2.45. The maximum Gasteiger partial charge on any atom is 0.335 e. The van der Waals surface area contributed by atoms with Gasteiger partial charge >= 0.3 is 5.97 Å². The largest absolute Gasteiger partial charge is 0.457 e. The highest BCUT2D eigenvalue weighted by Gasteiger charge is 2.64. The van der Waals surface area contributed by atoms with Crippen molar-refractivity contribution in [2.75, 3.05) is 7.11 Å². The fraction of sp³-hybridized carbons (Fsp3) is 0.652. The monoisotopic (exact) mass is 402 g/mol. The van der Waals surface area contributed by atoms with Crippen molar-refractivity contribution in [3.8, 4) is 0 Å². The van der Waals surface area contributed by atoms with E-state index in [4.69, 9.17) is 14.2 Å². The molecule has 1 fully saturated rings. The van der Waals surface area contributed by atoms with Crippen molar-refractivity contribution in [3.05, 3.63) is 35.5 Å². The Bertz CT molecular complexity index is 808. The fourth-order valence-corrected chi connectivity index (χ4v) is 5.76. The summed E-state index contributed by atoms with van der Waals surface area (Å²) in [5.41, 5.74) is 0.873. The Kier molecular flexibility index (Phi) is 5.08. The summed E-state index contributed by atoms with van der Waals surface area (Å²) in [6.45, 7) is 7.36. The van der Waals surface area contributed by atoms with Gasteiger partial charge in [-0.05, 0) is 44.4 Å². The molecule has 2 heterocycles. The Morgan fingerprint density at radius 1 is 1.24 bits per heavy atom. The van der Waals surface area contributed by atoms with Crippen LogP contribution in [-0.2, 0) is 23.8 Å². The van der Waals surface area contributed by atoms with Crippen molar-refractivity contribution < 1.29 is 28.9 Å². The van der Waals surface area contributed by atoms with Gasteiger partial charge in [0.1, 0.15) is 11.7 Å². The smallest absolute Gasteiger partial charge is 0.335 e. The molecule has 29 heavy (non-hydrogen) atoms. The number of aliphatic hydroxyl groups is 1. The van der Waals surface area contributed by atoms with Crippen molar-refractivity contribution in [1.29, 1.82) is 0 Å². The number of carbonyl (C=O) groups excluding carboxylic acids is 2. The van der Waals surface area contributed by atoms with Gasteiger partial charge < -0.3 is 19.3 Å². The average Bonchev–Trinajstić information content (AvgIpc) is 2.82. The molecule has 4 bridgehead atoms. The standard InChI is InChI=1S/C23H30O6/c1-11-9-17-16-7-6-15-10-18(27-5)22(26)28-21(14(4)24)12(2)8-13(3)23(15,29-17)19(16)20(11)25/h6-9,12,14-19,21,24H,10H2,1-5H3/b13-8-/t12-,14-,15-,16+,17+,18+,19+,21+,23+/m1/s1.